The maximum Gasteiger partial charge on any atom is 0.239 e. The highest BCUT2D eigenvalue weighted by Crippen LogP contribution is 2.21. The van der Waals surface area contributed by atoms with Crippen LogP contribution in [-0.2, 0) is 9.59 Å². The normalized spacial score (nSPS) is 10.0. The van der Waals surface area contributed by atoms with E-state index < -0.39 is 34.4 Å². The van der Waals surface area contributed by atoms with Gasteiger partial charge in [-0.3, -0.25) is 9.59 Å². The molecule has 0 fully saturated rings. The van der Waals surface area contributed by atoms with E-state index in [2.05, 4.69) is 0 Å². The minimum Gasteiger partial charge on any atom is -0.285 e. The van der Waals surface area contributed by atoms with Crippen molar-refractivity contribution in [1.29, 1.82) is 0 Å². The summed E-state index contributed by atoms with van der Waals surface area (Å²) >= 11 is 0. The van der Waals surface area contributed by atoms with Gasteiger partial charge in [-0.25, -0.2) is 17.6 Å². The zero-order valence-electron chi connectivity index (χ0n) is 6.33. The van der Waals surface area contributed by atoms with Crippen molar-refractivity contribution in [1.82, 2.24) is 0 Å². The number of benzene rings is 1. The standard InChI is InChI=1S/C8F4O2/c9-5-3(1-13)6(10)8(12)7(11)4(5)2-14. The first kappa shape index (κ1) is 10.4. The summed E-state index contributed by atoms with van der Waals surface area (Å²) in [5.74, 6) is -7.96. The van der Waals surface area contributed by atoms with E-state index >= 15 is 0 Å². The van der Waals surface area contributed by atoms with Crippen LogP contribution in [0.15, 0.2) is 0 Å². The average Bonchev–Trinajstić information content (AvgIpc) is 2.16. The maximum absolute atomic E-state index is 12.8. The van der Waals surface area contributed by atoms with E-state index in [1.807, 2.05) is 0 Å². The molecule has 0 bridgehead atoms. The highest BCUT2D eigenvalue weighted by Gasteiger charge is 2.25. The van der Waals surface area contributed by atoms with Crippen LogP contribution >= 0.6 is 0 Å². The maximum atomic E-state index is 12.8. The Kier molecular flexibility index (Phi) is 2.64. The molecule has 0 saturated heterocycles. The summed E-state index contributed by atoms with van der Waals surface area (Å²) in [6.07, 6.45) is 1.44. The molecule has 6 heteroatoms. The molecule has 0 aliphatic heterocycles. The third-order valence-electron chi connectivity index (χ3n) is 1.47. The minimum absolute atomic E-state index is 0.721. The van der Waals surface area contributed by atoms with Gasteiger partial charge in [0, 0.05) is 0 Å². The fraction of sp³-hybridized carbons (Fsp3) is 0. The summed E-state index contributed by atoms with van der Waals surface area (Å²) in [7, 11) is 0. The van der Waals surface area contributed by atoms with Crippen molar-refractivity contribution in [2.75, 3.05) is 0 Å². The number of carbonyl (C=O) groups excluding carboxylic acids is 2. The lowest BCUT2D eigenvalue weighted by molar-refractivity contribution is 0.427. The van der Waals surface area contributed by atoms with E-state index in [0.29, 0.717) is 0 Å². The second-order valence-corrected chi connectivity index (χ2v) is 2.21. The zero-order chi connectivity index (χ0) is 10.9. The van der Waals surface area contributed by atoms with Gasteiger partial charge in [0.1, 0.15) is 11.1 Å². The Morgan fingerprint density at radius 1 is 0.643 bits per heavy atom. The fourth-order valence-electron chi connectivity index (χ4n) is 0.813. The Hall–Kier alpha value is -1.72. The van der Waals surface area contributed by atoms with Gasteiger partial charge < -0.3 is 0 Å². The molecule has 1 rings (SSSR count). The second kappa shape index (κ2) is 3.57. The first-order valence-electron chi connectivity index (χ1n) is 3.16. The summed E-state index contributed by atoms with van der Waals surface area (Å²) in [6.45, 7) is 0. The summed E-state index contributed by atoms with van der Waals surface area (Å²) in [6, 6.07) is 0. The molecule has 2 nitrogen and oxygen atoms in total. The monoisotopic (exact) mass is 204 g/mol. The Morgan fingerprint density at radius 3 is 1.29 bits per heavy atom. The van der Waals surface area contributed by atoms with Crippen molar-refractivity contribution in [3.8, 4) is 0 Å². The van der Waals surface area contributed by atoms with Crippen LogP contribution in [0.2, 0.25) is 0 Å². The molecule has 1 aromatic carbocycles. The third-order valence-corrected chi connectivity index (χ3v) is 1.47. The molecule has 14 heavy (non-hydrogen) atoms. The highest BCUT2D eigenvalue weighted by atomic mass is 19.2. The predicted molar refractivity (Wildman–Crippen MR) is 35.9 cm³/mol. The fourth-order valence-corrected chi connectivity index (χ4v) is 0.813. The molecule has 0 amide bonds. The lowest BCUT2D eigenvalue weighted by Gasteiger charge is -2.02. The van der Waals surface area contributed by atoms with Crippen molar-refractivity contribution in [3.63, 3.8) is 0 Å². The van der Waals surface area contributed by atoms with Crippen molar-refractivity contribution in [2.24, 2.45) is 0 Å². The van der Waals surface area contributed by atoms with Crippen molar-refractivity contribution >= 4 is 12.6 Å². The van der Waals surface area contributed by atoms with Gasteiger partial charge in [0.05, 0.1) is 0 Å². The Morgan fingerprint density at radius 2 is 1.00 bits per heavy atom. The molecule has 0 N–H and O–H groups in total. The van der Waals surface area contributed by atoms with Crippen LogP contribution < -0.4 is 0 Å². The molecular formula is C8F4O2. The molecule has 0 aliphatic rings. The molecule has 1 aromatic rings. The number of hydrogen-bond donors (Lipinski definition) is 0. The Labute approximate surface area is 75.1 Å². The van der Waals surface area contributed by atoms with Gasteiger partial charge in [-0.15, -0.1) is 0 Å². The van der Waals surface area contributed by atoms with E-state index in [0.717, 1.165) is 12.6 Å². The van der Waals surface area contributed by atoms with Crippen molar-refractivity contribution < 1.29 is 27.2 Å². The summed E-state index contributed by atoms with van der Waals surface area (Å²) in [4.78, 5) is 19.9. The van der Waals surface area contributed by atoms with Crippen LogP contribution in [-0.4, -0.2) is 12.6 Å². The second-order valence-electron chi connectivity index (χ2n) is 2.21. The summed E-state index contributed by atoms with van der Waals surface area (Å²) < 4.78 is 50.5. The Balaban J connectivity index is 3.72. The topological polar surface area (TPSA) is 34.1 Å². The summed E-state index contributed by atoms with van der Waals surface area (Å²) in [5.41, 5.74) is -2.91. The van der Waals surface area contributed by atoms with Crippen LogP contribution in [0.3, 0.4) is 0 Å². The van der Waals surface area contributed by atoms with Crippen LogP contribution in [0, 0.1) is 23.3 Å². The lowest BCUT2D eigenvalue weighted by atomic mass is 10.1. The zero-order valence-corrected chi connectivity index (χ0v) is 6.33. The van der Waals surface area contributed by atoms with Crippen LogP contribution in [0.5, 0.6) is 0 Å². The molecule has 0 unspecified atom stereocenters. The van der Waals surface area contributed by atoms with E-state index in [9.17, 15) is 27.2 Å². The summed E-state index contributed by atoms with van der Waals surface area (Å²) in [5, 5.41) is 0. The van der Waals surface area contributed by atoms with Gasteiger partial charge in [0.15, 0.2) is 23.3 Å². The number of rotatable bonds is 2. The average molecular weight is 204 g/mol. The van der Waals surface area contributed by atoms with Gasteiger partial charge in [-0.1, -0.05) is 0 Å². The quantitative estimate of drug-likeness (QED) is 0.411. The molecule has 0 atom stereocenters. The SMILES string of the molecule is O=[C]c1c(F)c(F)c(F)c([C]=O)c1F. The van der Waals surface area contributed by atoms with Crippen molar-refractivity contribution in [2.45, 2.75) is 0 Å². The van der Waals surface area contributed by atoms with Gasteiger partial charge in [0.25, 0.3) is 0 Å². The smallest absolute Gasteiger partial charge is 0.239 e. The molecule has 0 aromatic heterocycles. The molecular weight excluding hydrogens is 204 g/mol. The Bertz CT molecular complexity index is 379. The molecule has 0 heterocycles. The highest BCUT2D eigenvalue weighted by molar-refractivity contribution is 5.83. The van der Waals surface area contributed by atoms with E-state index in [-0.39, 0.29) is 0 Å². The molecule has 0 spiro atoms. The van der Waals surface area contributed by atoms with E-state index in [4.69, 9.17) is 0 Å². The first-order chi connectivity index (χ1) is 6.54. The lowest BCUT2D eigenvalue weighted by Crippen LogP contribution is -2.07. The molecule has 2 radical (unpaired) electrons. The molecule has 72 valence electrons. The predicted octanol–water partition coefficient (Wildman–Crippen LogP) is 1.16. The first-order valence-corrected chi connectivity index (χ1v) is 3.16. The van der Waals surface area contributed by atoms with Crippen LogP contribution in [0.25, 0.3) is 0 Å². The van der Waals surface area contributed by atoms with E-state index in [1.165, 1.54) is 0 Å². The molecule has 0 saturated carbocycles. The van der Waals surface area contributed by atoms with Crippen LogP contribution in [0.1, 0.15) is 11.1 Å². The minimum atomic E-state index is -2.11. The van der Waals surface area contributed by atoms with E-state index in [1.54, 1.807) is 0 Å². The van der Waals surface area contributed by atoms with Gasteiger partial charge in [-0.05, 0) is 0 Å². The van der Waals surface area contributed by atoms with Crippen molar-refractivity contribution in [3.05, 3.63) is 34.4 Å². The third kappa shape index (κ3) is 1.28. The number of halogens is 4. The van der Waals surface area contributed by atoms with Gasteiger partial charge in [-0.2, -0.15) is 0 Å². The largest absolute Gasteiger partial charge is 0.285 e. The molecule has 0 aliphatic carbocycles. The van der Waals surface area contributed by atoms with Gasteiger partial charge >= 0.3 is 0 Å². The van der Waals surface area contributed by atoms with Crippen LogP contribution in [0.4, 0.5) is 17.6 Å². The van der Waals surface area contributed by atoms with Gasteiger partial charge in [0.2, 0.25) is 12.6 Å². The number of hydrogen-bond acceptors (Lipinski definition) is 2.